The molecule has 0 aliphatic heterocycles. The molecule has 1 aromatic carbocycles. The SMILES string of the molecule is CC(C)(C)CC(=O)c1ccc(C2CCC2)cc1. The van der Waals surface area contributed by atoms with Crippen LogP contribution in [0.4, 0.5) is 0 Å². The summed E-state index contributed by atoms with van der Waals surface area (Å²) < 4.78 is 0. The fourth-order valence-electron chi connectivity index (χ4n) is 2.27. The molecular weight excluding hydrogens is 208 g/mol. The molecule has 0 atom stereocenters. The Kier molecular flexibility index (Phi) is 3.37. The zero-order valence-corrected chi connectivity index (χ0v) is 11.1. The first-order valence-corrected chi connectivity index (χ1v) is 6.59. The molecule has 17 heavy (non-hydrogen) atoms. The summed E-state index contributed by atoms with van der Waals surface area (Å²) in [6, 6.07) is 8.28. The largest absolute Gasteiger partial charge is 0.294 e. The Bertz CT molecular complexity index is 391. The summed E-state index contributed by atoms with van der Waals surface area (Å²) in [5.74, 6) is 1.01. The number of Topliss-reactive ketones (excluding diaryl/α,β-unsaturated/α-hetero) is 1. The van der Waals surface area contributed by atoms with E-state index in [2.05, 4.69) is 32.9 Å². The third-order valence-corrected chi connectivity index (χ3v) is 3.50. The maximum atomic E-state index is 12.0. The molecule has 1 aromatic rings. The van der Waals surface area contributed by atoms with Crippen molar-refractivity contribution in [1.29, 1.82) is 0 Å². The van der Waals surface area contributed by atoms with Gasteiger partial charge in [0.15, 0.2) is 5.78 Å². The van der Waals surface area contributed by atoms with Crippen molar-refractivity contribution in [3.63, 3.8) is 0 Å². The van der Waals surface area contributed by atoms with Gasteiger partial charge in [0.05, 0.1) is 0 Å². The molecule has 0 heterocycles. The van der Waals surface area contributed by atoms with Gasteiger partial charge in [0.2, 0.25) is 0 Å². The maximum absolute atomic E-state index is 12.0. The Hall–Kier alpha value is -1.11. The van der Waals surface area contributed by atoms with Gasteiger partial charge in [-0.15, -0.1) is 0 Å². The number of ketones is 1. The van der Waals surface area contributed by atoms with Crippen molar-refractivity contribution in [2.75, 3.05) is 0 Å². The highest BCUT2D eigenvalue weighted by Gasteiger charge is 2.20. The van der Waals surface area contributed by atoms with E-state index < -0.39 is 0 Å². The van der Waals surface area contributed by atoms with E-state index in [-0.39, 0.29) is 11.2 Å². The molecule has 0 saturated heterocycles. The fourth-order valence-corrected chi connectivity index (χ4v) is 2.27. The van der Waals surface area contributed by atoms with Crippen LogP contribution < -0.4 is 0 Å². The number of carbonyl (C=O) groups is 1. The Morgan fingerprint density at radius 3 is 2.18 bits per heavy atom. The number of benzene rings is 1. The lowest BCUT2D eigenvalue weighted by atomic mass is 9.79. The summed E-state index contributed by atoms with van der Waals surface area (Å²) in [4.78, 5) is 12.0. The third kappa shape index (κ3) is 3.18. The zero-order valence-electron chi connectivity index (χ0n) is 11.1. The molecule has 92 valence electrons. The molecule has 2 rings (SSSR count). The van der Waals surface area contributed by atoms with E-state index in [9.17, 15) is 4.79 Å². The number of hydrogen-bond donors (Lipinski definition) is 0. The normalized spacial score (nSPS) is 16.6. The van der Waals surface area contributed by atoms with E-state index in [1.54, 1.807) is 0 Å². The quantitative estimate of drug-likeness (QED) is 0.695. The van der Waals surface area contributed by atoms with Gasteiger partial charge in [0.1, 0.15) is 0 Å². The molecule has 1 aliphatic rings. The molecular formula is C16H22O. The van der Waals surface area contributed by atoms with Crippen LogP contribution in [0.5, 0.6) is 0 Å². The van der Waals surface area contributed by atoms with Crippen LogP contribution in [0.15, 0.2) is 24.3 Å². The van der Waals surface area contributed by atoms with Crippen molar-refractivity contribution < 1.29 is 4.79 Å². The Morgan fingerprint density at radius 1 is 1.18 bits per heavy atom. The summed E-state index contributed by atoms with van der Waals surface area (Å²) in [6.45, 7) is 6.31. The molecule has 0 unspecified atom stereocenters. The summed E-state index contributed by atoms with van der Waals surface area (Å²) in [6.07, 6.45) is 4.61. The van der Waals surface area contributed by atoms with Crippen LogP contribution in [-0.4, -0.2) is 5.78 Å². The fraction of sp³-hybridized carbons (Fsp3) is 0.562. The van der Waals surface area contributed by atoms with Crippen LogP contribution in [0.3, 0.4) is 0 Å². The van der Waals surface area contributed by atoms with Gasteiger partial charge in [0, 0.05) is 12.0 Å². The Morgan fingerprint density at radius 2 is 1.76 bits per heavy atom. The van der Waals surface area contributed by atoms with Crippen molar-refractivity contribution in [3.8, 4) is 0 Å². The van der Waals surface area contributed by atoms with Crippen LogP contribution in [0.2, 0.25) is 0 Å². The van der Waals surface area contributed by atoms with E-state index in [4.69, 9.17) is 0 Å². The summed E-state index contributed by atoms with van der Waals surface area (Å²) in [5.41, 5.74) is 2.34. The average Bonchev–Trinajstić information content (AvgIpc) is 2.13. The minimum absolute atomic E-state index is 0.0731. The summed E-state index contributed by atoms with van der Waals surface area (Å²) >= 11 is 0. The highest BCUT2D eigenvalue weighted by atomic mass is 16.1. The zero-order chi connectivity index (χ0) is 12.5. The molecule has 1 aliphatic carbocycles. The third-order valence-electron chi connectivity index (χ3n) is 3.50. The molecule has 0 spiro atoms. The first-order valence-electron chi connectivity index (χ1n) is 6.59. The minimum atomic E-state index is 0.0731. The van der Waals surface area contributed by atoms with E-state index in [1.165, 1.54) is 24.8 Å². The highest BCUT2D eigenvalue weighted by molar-refractivity contribution is 5.96. The summed E-state index contributed by atoms with van der Waals surface area (Å²) in [5, 5.41) is 0. The second-order valence-electron chi connectivity index (χ2n) is 6.41. The van der Waals surface area contributed by atoms with Crippen molar-refractivity contribution >= 4 is 5.78 Å². The molecule has 0 amide bonds. The highest BCUT2D eigenvalue weighted by Crippen LogP contribution is 2.36. The molecule has 0 aromatic heterocycles. The Balaban J connectivity index is 2.04. The molecule has 1 saturated carbocycles. The molecule has 0 radical (unpaired) electrons. The average molecular weight is 230 g/mol. The second-order valence-corrected chi connectivity index (χ2v) is 6.41. The first kappa shape index (κ1) is 12.3. The maximum Gasteiger partial charge on any atom is 0.163 e. The van der Waals surface area contributed by atoms with Crippen LogP contribution in [0.1, 0.15) is 68.3 Å². The monoisotopic (exact) mass is 230 g/mol. The van der Waals surface area contributed by atoms with E-state index in [0.717, 1.165) is 11.5 Å². The Labute approximate surface area is 104 Å². The van der Waals surface area contributed by atoms with E-state index >= 15 is 0 Å². The van der Waals surface area contributed by atoms with Gasteiger partial charge in [-0.25, -0.2) is 0 Å². The van der Waals surface area contributed by atoms with E-state index in [0.29, 0.717) is 6.42 Å². The lowest BCUT2D eigenvalue weighted by Gasteiger charge is -2.25. The second kappa shape index (κ2) is 4.64. The van der Waals surface area contributed by atoms with Crippen LogP contribution in [0, 0.1) is 5.41 Å². The van der Waals surface area contributed by atoms with Crippen LogP contribution in [-0.2, 0) is 0 Å². The lowest BCUT2D eigenvalue weighted by molar-refractivity contribution is 0.0940. The topological polar surface area (TPSA) is 17.1 Å². The summed E-state index contributed by atoms with van der Waals surface area (Å²) in [7, 11) is 0. The van der Waals surface area contributed by atoms with Gasteiger partial charge in [-0.2, -0.15) is 0 Å². The van der Waals surface area contributed by atoms with Crippen molar-refractivity contribution in [1.82, 2.24) is 0 Å². The van der Waals surface area contributed by atoms with Crippen LogP contribution in [0.25, 0.3) is 0 Å². The number of carbonyl (C=O) groups excluding carboxylic acids is 1. The van der Waals surface area contributed by atoms with Gasteiger partial charge in [0.25, 0.3) is 0 Å². The smallest absolute Gasteiger partial charge is 0.163 e. The van der Waals surface area contributed by atoms with Gasteiger partial charge in [-0.05, 0) is 29.7 Å². The van der Waals surface area contributed by atoms with E-state index in [1.807, 2.05) is 12.1 Å². The van der Waals surface area contributed by atoms with Crippen molar-refractivity contribution in [2.45, 2.75) is 52.4 Å². The predicted octanol–water partition coefficient (Wildman–Crippen LogP) is 4.57. The van der Waals surface area contributed by atoms with Gasteiger partial charge < -0.3 is 0 Å². The molecule has 1 fully saturated rings. The number of rotatable bonds is 3. The van der Waals surface area contributed by atoms with Crippen molar-refractivity contribution in [2.24, 2.45) is 5.41 Å². The molecule has 0 bridgehead atoms. The minimum Gasteiger partial charge on any atom is -0.294 e. The van der Waals surface area contributed by atoms with Gasteiger partial charge >= 0.3 is 0 Å². The van der Waals surface area contributed by atoms with Crippen LogP contribution >= 0.6 is 0 Å². The standard InChI is InChI=1S/C16H22O/c1-16(2,3)11-15(17)14-9-7-13(8-10-14)12-5-4-6-12/h7-10,12H,4-6,11H2,1-3H3. The van der Waals surface area contributed by atoms with Gasteiger partial charge in [-0.1, -0.05) is 51.5 Å². The van der Waals surface area contributed by atoms with Crippen molar-refractivity contribution in [3.05, 3.63) is 35.4 Å². The predicted molar refractivity (Wildman–Crippen MR) is 71.4 cm³/mol. The first-order chi connectivity index (χ1) is 7.96. The molecule has 1 nitrogen and oxygen atoms in total. The number of hydrogen-bond acceptors (Lipinski definition) is 1. The lowest BCUT2D eigenvalue weighted by Crippen LogP contribution is -2.13. The molecule has 1 heteroatoms. The molecule has 0 N–H and O–H groups in total. The van der Waals surface area contributed by atoms with Gasteiger partial charge in [-0.3, -0.25) is 4.79 Å².